The first kappa shape index (κ1) is 27.3. The van der Waals surface area contributed by atoms with E-state index in [4.69, 9.17) is 14.2 Å². The topological polar surface area (TPSA) is 117 Å². The Kier molecular flexibility index (Phi) is 9.34. The molecule has 1 N–H and O–H groups in total. The third kappa shape index (κ3) is 6.50. The van der Waals surface area contributed by atoms with Crippen molar-refractivity contribution in [3.8, 4) is 0 Å². The van der Waals surface area contributed by atoms with Gasteiger partial charge in [-0.05, 0) is 43.0 Å². The molecule has 0 aliphatic carbocycles. The van der Waals surface area contributed by atoms with Gasteiger partial charge in [0.2, 0.25) is 0 Å². The second-order valence-electron chi connectivity index (χ2n) is 8.42. The first-order valence-electron chi connectivity index (χ1n) is 11.7. The predicted octanol–water partition coefficient (Wildman–Crippen LogP) is 4.67. The van der Waals surface area contributed by atoms with E-state index in [2.05, 4.69) is 5.32 Å². The Morgan fingerprint density at radius 3 is 2.30 bits per heavy atom. The van der Waals surface area contributed by atoms with E-state index < -0.39 is 22.8 Å². The molecule has 1 atom stereocenters. The van der Waals surface area contributed by atoms with E-state index in [0.29, 0.717) is 30.0 Å². The molecule has 1 aliphatic heterocycles. The van der Waals surface area contributed by atoms with Gasteiger partial charge in [-0.1, -0.05) is 42.5 Å². The van der Waals surface area contributed by atoms with Gasteiger partial charge in [0.25, 0.3) is 5.69 Å². The Balaban J connectivity index is 1.96. The Morgan fingerprint density at radius 1 is 1.00 bits per heavy atom. The van der Waals surface area contributed by atoms with Gasteiger partial charge in [-0.15, -0.1) is 0 Å². The van der Waals surface area contributed by atoms with E-state index >= 15 is 0 Å². The van der Waals surface area contributed by atoms with E-state index in [1.54, 1.807) is 27.0 Å². The van der Waals surface area contributed by atoms with Crippen LogP contribution in [0.2, 0.25) is 0 Å². The number of allylic oxidation sites excluding steroid dienone is 2. The molecule has 0 fully saturated rings. The molecule has 1 heterocycles. The number of nitrogens with zero attached hydrogens (tertiary/aromatic N) is 1. The van der Waals surface area contributed by atoms with E-state index in [1.807, 2.05) is 36.4 Å². The van der Waals surface area contributed by atoms with Crippen molar-refractivity contribution in [1.82, 2.24) is 5.32 Å². The zero-order chi connectivity index (χ0) is 26.9. The standard InChI is InChI=1S/C28H30N2O7/c1-18-24(27(31)36-4)26(22-11-8-12-23(17-22)30(33)34)25(19(2)29-18)28(32)37-16-14-21(13-15-35-3)20-9-6-5-7-10-20/h5-12,14,17,26,29H,13,15-16H2,1-4H3. The van der Waals surface area contributed by atoms with Crippen LogP contribution >= 0.6 is 0 Å². The summed E-state index contributed by atoms with van der Waals surface area (Å²) in [5, 5.41) is 14.5. The van der Waals surface area contributed by atoms with E-state index in [-0.39, 0.29) is 23.4 Å². The summed E-state index contributed by atoms with van der Waals surface area (Å²) in [7, 11) is 2.86. The number of methoxy groups -OCH3 is 2. The van der Waals surface area contributed by atoms with Gasteiger partial charge in [0.1, 0.15) is 6.61 Å². The lowest BCUT2D eigenvalue weighted by Crippen LogP contribution is -2.32. The monoisotopic (exact) mass is 506 g/mol. The molecule has 9 heteroatoms. The molecule has 2 aromatic carbocycles. The summed E-state index contributed by atoms with van der Waals surface area (Å²) >= 11 is 0. The van der Waals surface area contributed by atoms with Crippen LogP contribution in [0.1, 0.15) is 37.3 Å². The third-order valence-electron chi connectivity index (χ3n) is 6.06. The highest BCUT2D eigenvalue weighted by atomic mass is 16.6. The van der Waals surface area contributed by atoms with Crippen LogP contribution in [0.3, 0.4) is 0 Å². The molecule has 0 aromatic heterocycles. The summed E-state index contributed by atoms with van der Waals surface area (Å²) in [4.78, 5) is 37.1. The number of non-ortho nitro benzene ring substituents is 1. The maximum Gasteiger partial charge on any atom is 0.337 e. The maximum absolute atomic E-state index is 13.4. The van der Waals surface area contributed by atoms with Crippen LogP contribution in [0.25, 0.3) is 5.57 Å². The number of nitrogens with one attached hydrogen (secondary N) is 1. The second-order valence-corrected chi connectivity index (χ2v) is 8.42. The quantitative estimate of drug-likeness (QED) is 0.281. The molecule has 0 bridgehead atoms. The van der Waals surface area contributed by atoms with Crippen molar-refractivity contribution >= 4 is 23.2 Å². The predicted molar refractivity (Wildman–Crippen MR) is 138 cm³/mol. The number of carbonyl (C=O) groups excluding carboxylic acids is 2. The lowest BCUT2D eigenvalue weighted by molar-refractivity contribution is -0.384. The summed E-state index contributed by atoms with van der Waals surface area (Å²) in [5.41, 5.74) is 3.54. The van der Waals surface area contributed by atoms with Gasteiger partial charge < -0.3 is 19.5 Å². The average molecular weight is 507 g/mol. The van der Waals surface area contributed by atoms with Gasteiger partial charge in [0, 0.05) is 30.6 Å². The van der Waals surface area contributed by atoms with Gasteiger partial charge >= 0.3 is 11.9 Å². The number of hydrogen-bond donors (Lipinski definition) is 1. The molecular formula is C28H30N2O7. The zero-order valence-corrected chi connectivity index (χ0v) is 21.3. The molecule has 0 amide bonds. The Morgan fingerprint density at radius 2 is 1.68 bits per heavy atom. The zero-order valence-electron chi connectivity index (χ0n) is 21.3. The van der Waals surface area contributed by atoms with Crippen LogP contribution < -0.4 is 5.32 Å². The lowest BCUT2D eigenvalue weighted by Gasteiger charge is -2.30. The number of ether oxygens (including phenoxy) is 3. The fourth-order valence-electron chi connectivity index (χ4n) is 4.32. The molecule has 3 rings (SSSR count). The van der Waals surface area contributed by atoms with E-state index in [1.165, 1.54) is 25.3 Å². The summed E-state index contributed by atoms with van der Waals surface area (Å²) in [6, 6.07) is 15.6. The molecular weight excluding hydrogens is 476 g/mol. The van der Waals surface area contributed by atoms with Crippen LogP contribution in [-0.4, -0.2) is 44.3 Å². The molecule has 0 saturated heterocycles. The highest BCUT2D eigenvalue weighted by Crippen LogP contribution is 2.40. The average Bonchev–Trinajstić information content (AvgIpc) is 2.90. The van der Waals surface area contributed by atoms with Crippen LogP contribution in [0, 0.1) is 10.1 Å². The lowest BCUT2D eigenvalue weighted by atomic mass is 9.80. The molecule has 0 saturated carbocycles. The van der Waals surface area contributed by atoms with Gasteiger partial charge in [-0.2, -0.15) is 0 Å². The van der Waals surface area contributed by atoms with Crippen molar-refractivity contribution in [2.75, 3.05) is 27.4 Å². The van der Waals surface area contributed by atoms with Gasteiger partial charge in [0.15, 0.2) is 0 Å². The van der Waals surface area contributed by atoms with Crippen molar-refractivity contribution in [2.24, 2.45) is 0 Å². The number of nitro benzene ring substituents is 1. The summed E-state index contributed by atoms with van der Waals surface area (Å²) < 4.78 is 15.8. The van der Waals surface area contributed by atoms with E-state index in [0.717, 1.165) is 11.1 Å². The van der Waals surface area contributed by atoms with Crippen LogP contribution in [0.5, 0.6) is 0 Å². The molecule has 37 heavy (non-hydrogen) atoms. The fourth-order valence-corrected chi connectivity index (χ4v) is 4.32. The van der Waals surface area contributed by atoms with Crippen LogP contribution in [-0.2, 0) is 23.8 Å². The Bertz CT molecular complexity index is 1260. The summed E-state index contributed by atoms with van der Waals surface area (Å²) in [6.45, 7) is 3.88. The van der Waals surface area contributed by atoms with Crippen LogP contribution in [0.15, 0.2) is 83.2 Å². The summed E-state index contributed by atoms with van der Waals surface area (Å²) in [6.07, 6.45) is 2.45. The Labute approximate surface area is 215 Å². The normalized spacial score (nSPS) is 15.8. The molecule has 194 valence electrons. The smallest absolute Gasteiger partial charge is 0.337 e. The number of hydrogen-bond acceptors (Lipinski definition) is 8. The SMILES string of the molecule is COCCC(=CCOC(=O)C1=C(C)NC(C)=C(C(=O)OC)C1c1cccc([N+](=O)[O-])c1)c1ccccc1. The van der Waals surface area contributed by atoms with Crippen molar-refractivity contribution in [1.29, 1.82) is 0 Å². The molecule has 1 aliphatic rings. The minimum atomic E-state index is -0.910. The third-order valence-corrected chi connectivity index (χ3v) is 6.06. The minimum absolute atomic E-state index is 0.0124. The first-order chi connectivity index (χ1) is 17.8. The van der Waals surface area contributed by atoms with Crippen molar-refractivity contribution in [2.45, 2.75) is 26.2 Å². The first-order valence-corrected chi connectivity index (χ1v) is 11.7. The number of esters is 2. The minimum Gasteiger partial charge on any atom is -0.466 e. The number of rotatable bonds is 10. The molecule has 2 aromatic rings. The Hall–Kier alpha value is -4.24. The number of benzene rings is 2. The van der Waals surface area contributed by atoms with Crippen molar-refractivity contribution in [3.05, 3.63) is 104 Å². The van der Waals surface area contributed by atoms with Crippen molar-refractivity contribution in [3.63, 3.8) is 0 Å². The second kappa shape index (κ2) is 12.6. The number of carbonyl (C=O) groups is 2. The molecule has 1 unspecified atom stereocenters. The highest BCUT2D eigenvalue weighted by molar-refractivity contribution is 6.00. The molecule has 9 nitrogen and oxygen atoms in total. The summed E-state index contributed by atoms with van der Waals surface area (Å²) in [5.74, 6) is -2.21. The molecule has 0 radical (unpaired) electrons. The van der Waals surface area contributed by atoms with Gasteiger partial charge in [-0.25, -0.2) is 9.59 Å². The van der Waals surface area contributed by atoms with Gasteiger partial charge in [0.05, 0.1) is 35.7 Å². The maximum atomic E-state index is 13.4. The van der Waals surface area contributed by atoms with E-state index in [9.17, 15) is 19.7 Å². The fraction of sp³-hybridized carbons (Fsp3) is 0.286. The van der Waals surface area contributed by atoms with Crippen molar-refractivity contribution < 1.29 is 28.7 Å². The van der Waals surface area contributed by atoms with Gasteiger partial charge in [-0.3, -0.25) is 10.1 Å². The number of nitro groups is 1. The largest absolute Gasteiger partial charge is 0.466 e. The highest BCUT2D eigenvalue weighted by Gasteiger charge is 2.38. The van der Waals surface area contributed by atoms with Crippen LogP contribution in [0.4, 0.5) is 5.69 Å². The molecule has 0 spiro atoms. The number of dihydropyridines is 1.